The van der Waals surface area contributed by atoms with Crippen LogP contribution in [0.15, 0.2) is 65.7 Å². The Kier molecular flexibility index (Phi) is 10.5. The van der Waals surface area contributed by atoms with Gasteiger partial charge in [0.25, 0.3) is 0 Å². The highest BCUT2D eigenvalue weighted by Gasteiger charge is 2.34. The molecule has 2 heterocycles. The van der Waals surface area contributed by atoms with Crippen molar-refractivity contribution >= 4 is 11.5 Å². The molecule has 194 valence electrons. The Bertz CT molecular complexity index is 1030. The Labute approximate surface area is 216 Å². The number of hydrogen-bond donors (Lipinski definition) is 2. The van der Waals surface area contributed by atoms with Gasteiger partial charge in [-0.1, -0.05) is 62.4 Å². The van der Waals surface area contributed by atoms with E-state index in [2.05, 4.69) is 46.3 Å². The van der Waals surface area contributed by atoms with E-state index in [0.717, 1.165) is 50.2 Å². The lowest BCUT2D eigenvalue weighted by Gasteiger charge is -2.40. The number of dihydropyridines is 1. The fourth-order valence-electron chi connectivity index (χ4n) is 4.93. The van der Waals surface area contributed by atoms with Gasteiger partial charge in [-0.05, 0) is 56.0 Å². The third-order valence-electron chi connectivity index (χ3n) is 6.72. The van der Waals surface area contributed by atoms with Gasteiger partial charge >= 0.3 is 0 Å². The topological polar surface area (TPSA) is 87.2 Å². The highest BCUT2D eigenvalue weighted by atomic mass is 16.5. The van der Waals surface area contributed by atoms with Gasteiger partial charge < -0.3 is 9.47 Å². The number of hydrogen-bond acceptors (Lipinski definition) is 6. The van der Waals surface area contributed by atoms with Gasteiger partial charge in [0, 0.05) is 12.1 Å². The molecule has 0 aliphatic carbocycles. The van der Waals surface area contributed by atoms with E-state index in [4.69, 9.17) is 20.7 Å². The van der Waals surface area contributed by atoms with Crippen LogP contribution >= 0.6 is 0 Å². The van der Waals surface area contributed by atoms with Crippen LogP contribution in [0.4, 0.5) is 0 Å². The molecule has 2 aliphatic heterocycles. The number of para-hydroxylation sites is 1. The summed E-state index contributed by atoms with van der Waals surface area (Å²) in [6, 6.07) is 16.2. The number of aliphatic imine (C=N–C) groups is 1. The van der Waals surface area contributed by atoms with E-state index < -0.39 is 0 Å². The number of piperidine rings is 1. The number of rotatable bonds is 8. The van der Waals surface area contributed by atoms with Crippen LogP contribution in [0.3, 0.4) is 0 Å². The van der Waals surface area contributed by atoms with Crippen molar-refractivity contribution in [3.8, 4) is 11.5 Å². The van der Waals surface area contributed by atoms with Gasteiger partial charge in [-0.25, -0.2) is 5.84 Å². The van der Waals surface area contributed by atoms with E-state index in [1.54, 1.807) is 14.2 Å². The Morgan fingerprint density at radius 3 is 2.42 bits per heavy atom. The zero-order chi connectivity index (χ0) is 25.9. The van der Waals surface area contributed by atoms with Gasteiger partial charge in [-0.15, -0.1) is 0 Å². The maximum atomic E-state index is 9.14. The highest BCUT2D eigenvalue weighted by Crippen LogP contribution is 2.40. The molecular weight excluding hydrogens is 450 g/mol. The van der Waals surface area contributed by atoms with E-state index >= 15 is 0 Å². The molecule has 0 spiro atoms. The van der Waals surface area contributed by atoms with E-state index in [1.165, 1.54) is 10.6 Å². The van der Waals surface area contributed by atoms with E-state index in [0.29, 0.717) is 29.8 Å². The molecule has 1 saturated heterocycles. The van der Waals surface area contributed by atoms with Crippen molar-refractivity contribution in [1.29, 1.82) is 5.41 Å². The maximum Gasteiger partial charge on any atom is 0.165 e. The lowest BCUT2D eigenvalue weighted by Crippen LogP contribution is -2.49. The molecule has 2 aromatic rings. The number of nitrogens with two attached hydrogens (primary N) is 1. The molecule has 4 rings (SSSR count). The zero-order valence-corrected chi connectivity index (χ0v) is 22.1. The fraction of sp³-hybridized carbons (Fsp3) is 0.448. The molecular formula is C29H41N5O2. The molecule has 7 nitrogen and oxygen atoms in total. The first-order valence-electron chi connectivity index (χ1n) is 12.9. The lowest BCUT2D eigenvalue weighted by molar-refractivity contribution is 0.175. The van der Waals surface area contributed by atoms with Gasteiger partial charge in [0.05, 0.1) is 32.5 Å². The summed E-state index contributed by atoms with van der Waals surface area (Å²) in [6.07, 6.45) is 7.12. The summed E-state index contributed by atoms with van der Waals surface area (Å²) in [7, 11) is 3.28. The molecule has 0 saturated carbocycles. The predicted molar refractivity (Wildman–Crippen MR) is 148 cm³/mol. The normalized spacial score (nSPS) is 16.9. The second-order valence-electron chi connectivity index (χ2n) is 8.78. The maximum absolute atomic E-state index is 9.14. The SMILES string of the molecule is CC.COc1cccc(C(C(=N)N(N)CC2=NCCC=C2)N2CCC(c3ccccc3)CC2)c1OC. The summed E-state index contributed by atoms with van der Waals surface area (Å²) in [6.45, 7) is 6.90. The van der Waals surface area contributed by atoms with Crippen LogP contribution < -0.4 is 15.3 Å². The summed E-state index contributed by atoms with van der Waals surface area (Å²) in [5.74, 6) is 8.62. The van der Waals surface area contributed by atoms with Crippen LogP contribution in [0.25, 0.3) is 0 Å². The molecule has 2 aromatic carbocycles. The first kappa shape index (κ1) is 27.4. The largest absolute Gasteiger partial charge is 0.493 e. The van der Waals surface area contributed by atoms with E-state index in [9.17, 15) is 0 Å². The van der Waals surface area contributed by atoms with Gasteiger partial charge in [0.2, 0.25) is 0 Å². The first-order chi connectivity index (χ1) is 17.6. The van der Waals surface area contributed by atoms with Crippen molar-refractivity contribution in [2.24, 2.45) is 10.8 Å². The number of hydrazine groups is 1. The molecule has 7 heteroatoms. The van der Waals surface area contributed by atoms with Crippen LogP contribution in [-0.4, -0.2) is 61.9 Å². The molecule has 36 heavy (non-hydrogen) atoms. The Morgan fingerprint density at radius 1 is 1.08 bits per heavy atom. The average molecular weight is 492 g/mol. The monoisotopic (exact) mass is 491 g/mol. The molecule has 1 atom stereocenters. The van der Waals surface area contributed by atoms with Crippen LogP contribution in [0.5, 0.6) is 11.5 Å². The Balaban J connectivity index is 0.00000176. The van der Waals surface area contributed by atoms with Crippen LogP contribution in [0.2, 0.25) is 0 Å². The number of benzene rings is 2. The summed E-state index contributed by atoms with van der Waals surface area (Å²) in [4.78, 5) is 6.90. The third-order valence-corrected chi connectivity index (χ3v) is 6.72. The third kappa shape index (κ3) is 6.53. The molecule has 0 aromatic heterocycles. The highest BCUT2D eigenvalue weighted by molar-refractivity contribution is 5.99. The lowest BCUT2D eigenvalue weighted by atomic mass is 9.88. The number of nitrogens with zero attached hydrogens (tertiary/aromatic N) is 3. The predicted octanol–water partition coefficient (Wildman–Crippen LogP) is 5.20. The fourth-order valence-corrected chi connectivity index (χ4v) is 4.93. The zero-order valence-electron chi connectivity index (χ0n) is 22.1. The minimum Gasteiger partial charge on any atom is -0.493 e. The Hall–Kier alpha value is -3.16. The molecule has 2 aliphatic rings. The van der Waals surface area contributed by atoms with E-state index in [-0.39, 0.29) is 6.04 Å². The minimum atomic E-state index is -0.347. The molecule has 1 fully saturated rings. The molecule has 1 unspecified atom stereocenters. The first-order valence-corrected chi connectivity index (χ1v) is 12.9. The number of ether oxygens (including phenoxy) is 2. The summed E-state index contributed by atoms with van der Waals surface area (Å²) >= 11 is 0. The van der Waals surface area contributed by atoms with E-state index in [1.807, 2.05) is 38.1 Å². The number of methoxy groups -OCH3 is 2. The Morgan fingerprint density at radius 2 is 1.81 bits per heavy atom. The summed E-state index contributed by atoms with van der Waals surface area (Å²) < 4.78 is 11.3. The summed E-state index contributed by atoms with van der Waals surface area (Å²) in [5, 5.41) is 10.7. The van der Waals surface area contributed by atoms with Crippen molar-refractivity contribution in [3.63, 3.8) is 0 Å². The number of nitrogens with one attached hydrogen (secondary N) is 1. The molecule has 3 N–H and O–H groups in total. The molecule has 0 amide bonds. The second kappa shape index (κ2) is 13.8. The average Bonchev–Trinajstić information content (AvgIpc) is 2.95. The van der Waals surface area contributed by atoms with Crippen molar-refractivity contribution in [1.82, 2.24) is 9.91 Å². The second-order valence-corrected chi connectivity index (χ2v) is 8.78. The quantitative estimate of drug-likeness (QED) is 0.229. The van der Waals surface area contributed by atoms with Crippen LogP contribution in [0.1, 0.15) is 56.2 Å². The van der Waals surface area contributed by atoms with Crippen LogP contribution in [0, 0.1) is 5.41 Å². The van der Waals surface area contributed by atoms with Crippen molar-refractivity contribution in [2.45, 2.75) is 45.1 Å². The number of amidine groups is 1. The van der Waals surface area contributed by atoms with Crippen LogP contribution in [-0.2, 0) is 0 Å². The minimum absolute atomic E-state index is 0.325. The number of likely N-dealkylation sites (tertiary alicyclic amines) is 1. The van der Waals surface area contributed by atoms with Gasteiger partial charge in [-0.3, -0.25) is 20.3 Å². The van der Waals surface area contributed by atoms with Gasteiger partial charge in [0.1, 0.15) is 5.84 Å². The summed E-state index contributed by atoms with van der Waals surface area (Å²) in [5.41, 5.74) is 3.18. The van der Waals surface area contributed by atoms with Crippen molar-refractivity contribution in [2.75, 3.05) is 40.4 Å². The van der Waals surface area contributed by atoms with Gasteiger partial charge in [-0.2, -0.15) is 0 Å². The smallest absolute Gasteiger partial charge is 0.165 e. The molecule has 0 bridgehead atoms. The van der Waals surface area contributed by atoms with Crippen molar-refractivity contribution in [3.05, 3.63) is 71.8 Å². The van der Waals surface area contributed by atoms with Crippen molar-refractivity contribution < 1.29 is 9.47 Å². The van der Waals surface area contributed by atoms with Gasteiger partial charge in [0.15, 0.2) is 11.5 Å². The molecule has 0 radical (unpaired) electrons. The standard InChI is InChI=1S/C27H35N5O2.C2H6/c1-33-24-13-8-12-23(26(24)34-2)25(27(28)32(29)19-22-11-6-7-16-30-22)31-17-14-21(15-18-31)20-9-4-3-5-10-20;1-2/h3-6,8-13,21,25,28H,7,14-19,29H2,1-2H3;1-2H3.